The van der Waals surface area contributed by atoms with Crippen LogP contribution in [-0.2, 0) is 14.4 Å². The lowest BCUT2D eigenvalue weighted by atomic mass is 9.77. The van der Waals surface area contributed by atoms with Gasteiger partial charge in [0.15, 0.2) is 11.6 Å². The molecule has 0 unspecified atom stereocenters. The predicted molar refractivity (Wildman–Crippen MR) is 83.7 cm³/mol. The second kappa shape index (κ2) is 9.03. The lowest BCUT2D eigenvalue weighted by Gasteiger charge is -2.18. The molecule has 1 aromatic carbocycles. The Morgan fingerprint density at radius 2 is 1.55 bits per heavy atom. The average Bonchev–Trinajstić information content (AvgIpc) is 2.57. The topological polar surface area (TPSA) is 68.3 Å². The predicted octanol–water partition coefficient (Wildman–Crippen LogP) is 3.18. The molecule has 22 heavy (non-hydrogen) atoms. The molecule has 4 nitrogen and oxygen atoms in total. The molecule has 0 aromatic heterocycles. The van der Waals surface area contributed by atoms with Crippen molar-refractivity contribution in [2.75, 3.05) is 0 Å². The Morgan fingerprint density at radius 1 is 0.955 bits per heavy atom. The molecule has 0 bridgehead atoms. The normalized spacial score (nSPS) is 11.0. The minimum absolute atomic E-state index is 0.0692. The van der Waals surface area contributed by atoms with Gasteiger partial charge in [-0.15, -0.1) is 0 Å². The molecule has 0 fully saturated rings. The summed E-state index contributed by atoms with van der Waals surface area (Å²) in [7, 11) is 0. The van der Waals surface area contributed by atoms with E-state index in [-0.39, 0.29) is 24.6 Å². The van der Waals surface area contributed by atoms with E-state index in [1.165, 1.54) is 12.1 Å². The number of rotatable bonds is 11. The summed E-state index contributed by atoms with van der Waals surface area (Å²) in [4.78, 5) is 47.5. The number of benzene rings is 1. The van der Waals surface area contributed by atoms with Crippen LogP contribution in [0.4, 0.5) is 0 Å². The van der Waals surface area contributed by atoms with Crippen LogP contribution in [-0.4, -0.2) is 24.1 Å². The number of hydrogen-bond donors (Lipinski definition) is 0. The first-order valence-corrected chi connectivity index (χ1v) is 7.68. The third kappa shape index (κ3) is 4.20. The van der Waals surface area contributed by atoms with Crippen molar-refractivity contribution in [2.24, 2.45) is 5.41 Å². The second-order valence-corrected chi connectivity index (χ2v) is 5.39. The number of carbonyl (C=O) groups is 4. The number of unbranched alkanes of at least 4 members (excludes halogenated alkanes) is 4. The molecule has 0 amide bonds. The summed E-state index contributed by atoms with van der Waals surface area (Å²) in [5.41, 5.74) is -1.99. The van der Waals surface area contributed by atoms with E-state index in [1.54, 1.807) is 18.2 Å². The number of Topliss-reactive ketones (excluding diaryl/α,β-unsaturated/α-hetero) is 2. The van der Waals surface area contributed by atoms with Crippen LogP contribution in [0, 0.1) is 5.41 Å². The van der Waals surface area contributed by atoms with Gasteiger partial charge in [0.1, 0.15) is 12.6 Å². The average molecular weight is 302 g/mol. The zero-order chi connectivity index (χ0) is 16.4. The summed E-state index contributed by atoms with van der Waals surface area (Å²) in [6.07, 6.45) is 5.06. The maximum Gasteiger partial charge on any atom is 0.201 e. The molecule has 0 radical (unpaired) electrons. The van der Waals surface area contributed by atoms with Crippen LogP contribution in [0.15, 0.2) is 30.3 Å². The maximum absolute atomic E-state index is 12.4. The van der Waals surface area contributed by atoms with Gasteiger partial charge < -0.3 is 9.59 Å². The molecule has 0 aliphatic carbocycles. The molecule has 118 valence electrons. The second-order valence-electron chi connectivity index (χ2n) is 5.39. The molecular formula is C18H22O4. The zero-order valence-electron chi connectivity index (χ0n) is 12.9. The van der Waals surface area contributed by atoms with Gasteiger partial charge in [-0.25, -0.2) is 0 Å². The Morgan fingerprint density at radius 3 is 2.09 bits per heavy atom. The van der Waals surface area contributed by atoms with Gasteiger partial charge in [-0.2, -0.15) is 0 Å². The zero-order valence-corrected chi connectivity index (χ0v) is 12.9. The van der Waals surface area contributed by atoms with Gasteiger partial charge in [0.05, 0.1) is 0 Å². The molecule has 0 aliphatic heterocycles. The van der Waals surface area contributed by atoms with E-state index < -0.39 is 17.0 Å². The van der Waals surface area contributed by atoms with E-state index in [9.17, 15) is 19.2 Å². The van der Waals surface area contributed by atoms with Crippen molar-refractivity contribution < 1.29 is 19.2 Å². The van der Waals surface area contributed by atoms with Crippen molar-refractivity contribution >= 4 is 24.1 Å². The first-order valence-electron chi connectivity index (χ1n) is 7.68. The van der Waals surface area contributed by atoms with Gasteiger partial charge in [0.2, 0.25) is 5.41 Å². The van der Waals surface area contributed by atoms with Gasteiger partial charge in [0.25, 0.3) is 0 Å². The third-order valence-corrected chi connectivity index (χ3v) is 3.75. The monoisotopic (exact) mass is 302 g/mol. The number of aldehydes is 2. The van der Waals surface area contributed by atoms with Crippen LogP contribution in [0.2, 0.25) is 0 Å². The Bertz CT molecular complexity index is 511. The summed E-state index contributed by atoms with van der Waals surface area (Å²) >= 11 is 0. The van der Waals surface area contributed by atoms with Crippen molar-refractivity contribution in [1.82, 2.24) is 0 Å². The van der Waals surface area contributed by atoms with Gasteiger partial charge in [-0.3, -0.25) is 9.59 Å². The number of ketones is 2. The molecule has 0 atom stereocenters. The Labute approximate surface area is 130 Å². The summed E-state index contributed by atoms with van der Waals surface area (Å²) < 4.78 is 0. The largest absolute Gasteiger partial charge is 0.301 e. The lowest BCUT2D eigenvalue weighted by molar-refractivity contribution is -0.136. The Kier molecular flexibility index (Phi) is 7.37. The van der Waals surface area contributed by atoms with Gasteiger partial charge in [-0.05, 0) is 6.42 Å². The van der Waals surface area contributed by atoms with Gasteiger partial charge in [-0.1, -0.05) is 62.9 Å². The van der Waals surface area contributed by atoms with Crippen molar-refractivity contribution in [3.8, 4) is 0 Å². The highest BCUT2D eigenvalue weighted by atomic mass is 16.2. The van der Waals surface area contributed by atoms with E-state index in [0.717, 1.165) is 25.7 Å². The molecule has 0 N–H and O–H groups in total. The molecule has 0 saturated carbocycles. The smallest absolute Gasteiger partial charge is 0.201 e. The molecule has 0 spiro atoms. The van der Waals surface area contributed by atoms with Crippen LogP contribution in [0.1, 0.15) is 55.8 Å². The molecule has 0 heterocycles. The fourth-order valence-corrected chi connectivity index (χ4v) is 2.32. The van der Waals surface area contributed by atoms with Crippen LogP contribution in [0.5, 0.6) is 0 Å². The molecule has 1 aromatic rings. The Balaban J connectivity index is 2.82. The van der Waals surface area contributed by atoms with Crippen molar-refractivity contribution in [1.29, 1.82) is 0 Å². The van der Waals surface area contributed by atoms with E-state index in [2.05, 4.69) is 6.92 Å². The van der Waals surface area contributed by atoms with Crippen molar-refractivity contribution in [2.45, 2.75) is 45.4 Å². The summed E-state index contributed by atoms with van der Waals surface area (Å²) in [6, 6.07) is 7.97. The van der Waals surface area contributed by atoms with E-state index >= 15 is 0 Å². The summed E-state index contributed by atoms with van der Waals surface area (Å²) in [5, 5.41) is 0. The van der Waals surface area contributed by atoms with Crippen LogP contribution in [0.3, 0.4) is 0 Å². The first-order chi connectivity index (χ1) is 10.6. The van der Waals surface area contributed by atoms with Crippen LogP contribution in [0.25, 0.3) is 0 Å². The molecule has 4 heteroatoms. The number of hydrogen-bond acceptors (Lipinski definition) is 4. The quantitative estimate of drug-likeness (QED) is 0.272. The SMILES string of the molecule is CCCCCCCC(=O)C(C=O)(C=O)C(=O)c1ccccc1. The van der Waals surface area contributed by atoms with E-state index in [1.807, 2.05) is 0 Å². The van der Waals surface area contributed by atoms with Crippen LogP contribution >= 0.6 is 0 Å². The Hall–Kier alpha value is -2.10. The standard InChI is InChI=1S/C18H22O4/c1-2-3-4-5-9-12-16(21)18(13-19,14-20)17(22)15-10-7-6-8-11-15/h6-8,10-11,13-14H,2-5,9,12H2,1H3. The van der Waals surface area contributed by atoms with Gasteiger partial charge in [0, 0.05) is 12.0 Å². The van der Waals surface area contributed by atoms with Crippen molar-refractivity contribution in [3.05, 3.63) is 35.9 Å². The van der Waals surface area contributed by atoms with E-state index in [0.29, 0.717) is 6.42 Å². The number of carbonyl (C=O) groups excluding carboxylic acids is 4. The lowest BCUT2D eigenvalue weighted by Crippen LogP contribution is -2.42. The highest BCUT2D eigenvalue weighted by Gasteiger charge is 2.45. The first kappa shape index (κ1) is 18.0. The van der Waals surface area contributed by atoms with Gasteiger partial charge >= 0.3 is 0 Å². The highest BCUT2D eigenvalue weighted by molar-refractivity contribution is 6.33. The van der Waals surface area contributed by atoms with Crippen molar-refractivity contribution in [3.63, 3.8) is 0 Å². The minimum atomic E-state index is -2.19. The minimum Gasteiger partial charge on any atom is -0.301 e. The molecule has 0 aliphatic rings. The van der Waals surface area contributed by atoms with Crippen LogP contribution < -0.4 is 0 Å². The molecule has 0 saturated heterocycles. The fraction of sp³-hybridized carbons (Fsp3) is 0.444. The fourth-order valence-electron chi connectivity index (χ4n) is 2.32. The maximum atomic E-state index is 12.4. The molecule has 1 rings (SSSR count). The van der Waals surface area contributed by atoms with E-state index in [4.69, 9.17) is 0 Å². The highest BCUT2D eigenvalue weighted by Crippen LogP contribution is 2.23. The summed E-state index contributed by atoms with van der Waals surface area (Å²) in [6.45, 7) is 2.09. The third-order valence-electron chi connectivity index (χ3n) is 3.75. The summed E-state index contributed by atoms with van der Waals surface area (Å²) in [5.74, 6) is -1.35. The molecular weight excluding hydrogens is 280 g/mol.